The molecule has 1 saturated heterocycles. The number of imide groups is 1. The molecule has 0 bridgehead atoms. The third-order valence-electron chi connectivity index (χ3n) is 5.12. The lowest BCUT2D eigenvalue weighted by atomic mass is 10.1. The summed E-state index contributed by atoms with van der Waals surface area (Å²) in [7, 11) is 1.55. The maximum atomic E-state index is 12.9. The second-order valence-electron chi connectivity index (χ2n) is 7.58. The van der Waals surface area contributed by atoms with E-state index in [1.54, 1.807) is 43.5 Å². The summed E-state index contributed by atoms with van der Waals surface area (Å²) in [5.41, 5.74) is 1.70. The second kappa shape index (κ2) is 12.2. The largest absolute Gasteiger partial charge is 0.493 e. The molecule has 0 spiro atoms. The van der Waals surface area contributed by atoms with Gasteiger partial charge >= 0.3 is 0 Å². The van der Waals surface area contributed by atoms with Gasteiger partial charge in [0.1, 0.15) is 19.0 Å². The van der Waals surface area contributed by atoms with Gasteiger partial charge in [-0.05, 0) is 93.4 Å². The number of carbonyl (C=O) groups excluding carboxylic acids is 2. The van der Waals surface area contributed by atoms with Gasteiger partial charge in [0.05, 0.1) is 23.0 Å². The highest BCUT2D eigenvalue weighted by Crippen LogP contribution is 2.39. The topological polar surface area (TPSA) is 65.1 Å². The van der Waals surface area contributed by atoms with Crippen molar-refractivity contribution in [3.63, 3.8) is 0 Å². The minimum Gasteiger partial charge on any atom is -0.493 e. The lowest BCUT2D eigenvalue weighted by Gasteiger charge is -2.14. The fraction of sp³-hybridized carbons (Fsp3) is 0.154. The molecule has 36 heavy (non-hydrogen) atoms. The average Bonchev–Trinajstić information content (AvgIpc) is 3.12. The molecule has 0 aliphatic carbocycles. The fourth-order valence-electron chi connectivity index (χ4n) is 3.33. The van der Waals surface area contributed by atoms with Crippen LogP contribution in [0.4, 0.5) is 4.79 Å². The van der Waals surface area contributed by atoms with Gasteiger partial charge in [0.25, 0.3) is 11.1 Å². The second-order valence-corrected chi connectivity index (χ2v) is 10.8. The molecule has 0 N–H and O–H groups in total. The first-order valence-corrected chi connectivity index (χ1v) is 13.5. The third kappa shape index (κ3) is 6.64. The molecule has 1 fully saturated rings. The number of amides is 2. The summed E-state index contributed by atoms with van der Waals surface area (Å²) in [6.45, 7) is 0.676. The van der Waals surface area contributed by atoms with E-state index in [1.807, 2.05) is 30.3 Å². The number of rotatable bonds is 9. The van der Waals surface area contributed by atoms with Crippen LogP contribution in [-0.2, 0) is 11.4 Å². The molecule has 0 radical (unpaired) electrons. The normalized spacial score (nSPS) is 14.4. The van der Waals surface area contributed by atoms with Crippen LogP contribution in [-0.4, -0.2) is 36.3 Å². The first-order valence-electron chi connectivity index (χ1n) is 10.7. The van der Waals surface area contributed by atoms with E-state index in [9.17, 15) is 9.59 Å². The Morgan fingerprint density at radius 2 is 1.72 bits per heavy atom. The van der Waals surface area contributed by atoms with Crippen LogP contribution < -0.4 is 14.2 Å². The van der Waals surface area contributed by atoms with Crippen molar-refractivity contribution in [3.8, 4) is 17.2 Å². The van der Waals surface area contributed by atoms with Crippen molar-refractivity contribution >= 4 is 72.4 Å². The van der Waals surface area contributed by atoms with Crippen molar-refractivity contribution in [3.05, 3.63) is 90.7 Å². The van der Waals surface area contributed by atoms with Gasteiger partial charge in [0.15, 0.2) is 11.5 Å². The molecule has 1 aliphatic rings. The molecule has 0 saturated carbocycles. The lowest BCUT2D eigenvalue weighted by molar-refractivity contribution is -0.123. The summed E-state index contributed by atoms with van der Waals surface area (Å²) in [5, 5.41) is 0.261. The third-order valence-corrected chi connectivity index (χ3v) is 7.39. The number of carbonyl (C=O) groups is 2. The number of nitrogens with zero attached hydrogens (tertiary/aromatic N) is 1. The van der Waals surface area contributed by atoms with Crippen LogP contribution in [0, 0.1) is 0 Å². The molecule has 3 aromatic carbocycles. The molecule has 3 aromatic rings. The zero-order valence-corrected chi connectivity index (χ0v) is 23.7. The van der Waals surface area contributed by atoms with E-state index in [1.165, 1.54) is 4.90 Å². The number of ether oxygens (including phenoxy) is 3. The van der Waals surface area contributed by atoms with Gasteiger partial charge in [0, 0.05) is 9.50 Å². The Morgan fingerprint density at radius 3 is 2.42 bits per heavy atom. The minimum absolute atomic E-state index is 0.139. The Hall–Kier alpha value is -2.46. The van der Waals surface area contributed by atoms with E-state index in [-0.39, 0.29) is 24.3 Å². The van der Waals surface area contributed by atoms with E-state index in [0.29, 0.717) is 43.8 Å². The van der Waals surface area contributed by atoms with Gasteiger partial charge in [-0.15, -0.1) is 0 Å². The quantitative estimate of drug-likeness (QED) is 0.222. The van der Waals surface area contributed by atoms with E-state index in [2.05, 4.69) is 31.9 Å². The lowest BCUT2D eigenvalue weighted by Crippen LogP contribution is -2.32. The summed E-state index contributed by atoms with van der Waals surface area (Å²) >= 11 is 13.7. The molecule has 1 aliphatic heterocycles. The number of hydrogen-bond acceptors (Lipinski definition) is 6. The van der Waals surface area contributed by atoms with Crippen molar-refractivity contribution in [1.29, 1.82) is 0 Å². The fourth-order valence-corrected chi connectivity index (χ4v) is 5.16. The molecule has 4 rings (SSSR count). The van der Waals surface area contributed by atoms with Crippen molar-refractivity contribution in [2.75, 3.05) is 20.3 Å². The predicted octanol–water partition coefficient (Wildman–Crippen LogP) is 7.57. The van der Waals surface area contributed by atoms with E-state index < -0.39 is 0 Å². The first-order chi connectivity index (χ1) is 17.3. The molecule has 0 atom stereocenters. The molecular formula is C26H20Br2ClNO5S. The SMILES string of the molecule is COc1cc(/C=C2\SC(=O)N(CCOc3ccc(Cl)cc3)C2=O)cc(Br)c1OCc1ccc(Br)cc1. The van der Waals surface area contributed by atoms with Crippen LogP contribution >= 0.6 is 55.2 Å². The maximum absolute atomic E-state index is 12.9. The Kier molecular flexibility index (Phi) is 9.00. The minimum atomic E-state index is -0.365. The zero-order valence-electron chi connectivity index (χ0n) is 19.0. The molecular weight excluding hydrogens is 634 g/mol. The van der Waals surface area contributed by atoms with Gasteiger partial charge in [0.2, 0.25) is 0 Å². The molecule has 6 nitrogen and oxygen atoms in total. The highest BCUT2D eigenvalue weighted by atomic mass is 79.9. The number of benzene rings is 3. The Labute approximate surface area is 234 Å². The van der Waals surface area contributed by atoms with Crippen LogP contribution in [0.1, 0.15) is 11.1 Å². The van der Waals surface area contributed by atoms with E-state index >= 15 is 0 Å². The smallest absolute Gasteiger partial charge is 0.293 e. The molecule has 1 heterocycles. The van der Waals surface area contributed by atoms with E-state index in [4.69, 9.17) is 25.8 Å². The maximum Gasteiger partial charge on any atom is 0.293 e. The van der Waals surface area contributed by atoms with Crippen LogP contribution in [0.15, 0.2) is 74.5 Å². The molecule has 10 heteroatoms. The van der Waals surface area contributed by atoms with Crippen LogP contribution in [0.3, 0.4) is 0 Å². The Balaban J connectivity index is 1.43. The van der Waals surface area contributed by atoms with Gasteiger partial charge in [-0.2, -0.15) is 0 Å². The number of hydrogen-bond donors (Lipinski definition) is 0. The van der Waals surface area contributed by atoms with Crippen molar-refractivity contribution < 1.29 is 23.8 Å². The van der Waals surface area contributed by atoms with Crippen molar-refractivity contribution in [2.45, 2.75) is 6.61 Å². The number of halogens is 3. The Bertz CT molecular complexity index is 1300. The van der Waals surface area contributed by atoms with Crippen LogP contribution in [0.5, 0.6) is 17.2 Å². The summed E-state index contributed by atoms with van der Waals surface area (Å²) in [5.74, 6) is 1.30. The average molecular weight is 654 g/mol. The molecule has 2 amide bonds. The predicted molar refractivity (Wildman–Crippen MR) is 149 cm³/mol. The highest BCUT2D eigenvalue weighted by molar-refractivity contribution is 9.10. The number of methoxy groups -OCH3 is 1. The van der Waals surface area contributed by atoms with Gasteiger partial charge in [-0.25, -0.2) is 0 Å². The Morgan fingerprint density at radius 1 is 1.00 bits per heavy atom. The monoisotopic (exact) mass is 651 g/mol. The summed E-state index contributed by atoms with van der Waals surface area (Å²) in [6.07, 6.45) is 1.66. The van der Waals surface area contributed by atoms with Crippen LogP contribution in [0.2, 0.25) is 5.02 Å². The number of thioether (sulfide) groups is 1. The first kappa shape index (κ1) is 26.6. The molecule has 0 aromatic heterocycles. The van der Waals surface area contributed by atoms with Gasteiger partial charge in [-0.1, -0.05) is 39.7 Å². The summed E-state index contributed by atoms with van der Waals surface area (Å²) in [6, 6.07) is 18.3. The standard InChI is InChI=1S/C26H20Br2ClNO5S/c1-33-22-13-17(12-21(28)24(22)35-15-16-2-4-18(27)5-3-16)14-23-25(31)30(26(32)36-23)10-11-34-20-8-6-19(29)7-9-20/h2-9,12-14H,10-11,15H2,1H3/b23-14-. The summed E-state index contributed by atoms with van der Waals surface area (Å²) in [4.78, 5) is 26.8. The van der Waals surface area contributed by atoms with Crippen molar-refractivity contribution in [1.82, 2.24) is 4.90 Å². The highest BCUT2D eigenvalue weighted by Gasteiger charge is 2.35. The zero-order chi connectivity index (χ0) is 25.7. The molecule has 0 unspecified atom stereocenters. The van der Waals surface area contributed by atoms with Crippen molar-refractivity contribution in [2.24, 2.45) is 0 Å². The molecule has 186 valence electrons. The summed E-state index contributed by atoms with van der Waals surface area (Å²) < 4.78 is 18.8. The van der Waals surface area contributed by atoms with Crippen LogP contribution in [0.25, 0.3) is 6.08 Å². The van der Waals surface area contributed by atoms with E-state index in [0.717, 1.165) is 21.8 Å². The van der Waals surface area contributed by atoms with Gasteiger partial charge < -0.3 is 14.2 Å². The van der Waals surface area contributed by atoms with Gasteiger partial charge in [-0.3, -0.25) is 14.5 Å².